The molecule has 0 saturated carbocycles. The summed E-state index contributed by atoms with van der Waals surface area (Å²) in [5.74, 6) is 0.627. The van der Waals surface area contributed by atoms with Gasteiger partial charge in [-0.2, -0.15) is 0 Å². The van der Waals surface area contributed by atoms with Gasteiger partial charge in [-0.3, -0.25) is 0 Å². The highest BCUT2D eigenvalue weighted by Crippen LogP contribution is 2.38. The highest BCUT2D eigenvalue weighted by molar-refractivity contribution is 7.70. The van der Waals surface area contributed by atoms with Crippen LogP contribution < -0.4 is 0 Å². The van der Waals surface area contributed by atoms with Gasteiger partial charge in [-0.1, -0.05) is 27.7 Å². The molecule has 0 amide bonds. The number of hydrogen-bond acceptors (Lipinski definition) is 1. The molecule has 0 aliphatic rings. The molecule has 1 aromatic rings. The third-order valence-electron chi connectivity index (χ3n) is 3.08. The first-order valence-electron chi connectivity index (χ1n) is 4.86. The van der Waals surface area contributed by atoms with Crippen molar-refractivity contribution in [1.29, 1.82) is 0 Å². The second-order valence-electron chi connectivity index (χ2n) is 4.52. The first-order chi connectivity index (χ1) is 6.37. The fraction of sp³-hybridized carbons (Fsp3) is 0.500. The van der Waals surface area contributed by atoms with Crippen molar-refractivity contribution in [3.8, 4) is 0 Å². The molecule has 1 rings (SSSR count). The van der Waals surface area contributed by atoms with E-state index in [4.69, 9.17) is 0 Å². The lowest BCUT2D eigenvalue weighted by molar-refractivity contribution is 0.373. The second-order valence-corrected chi connectivity index (χ2v) is 6.04. The SMILES string of the molecule is C=C([SH2+])c1sccc1C(C)(C)C(C)C. The van der Waals surface area contributed by atoms with Gasteiger partial charge in [0.2, 0.25) is 0 Å². The molecule has 0 spiro atoms. The molecule has 2 heteroatoms. The van der Waals surface area contributed by atoms with E-state index in [0.717, 1.165) is 4.91 Å². The maximum absolute atomic E-state index is 3.96. The summed E-state index contributed by atoms with van der Waals surface area (Å²) in [6, 6.07) is 2.21. The molecule has 0 unspecified atom stereocenters. The largest absolute Gasteiger partial charge is 0.160 e. The smallest absolute Gasteiger partial charge is 0.139 e. The van der Waals surface area contributed by atoms with Crippen molar-refractivity contribution in [3.63, 3.8) is 0 Å². The Morgan fingerprint density at radius 3 is 2.50 bits per heavy atom. The summed E-state index contributed by atoms with van der Waals surface area (Å²) in [5, 5.41) is 2.14. The van der Waals surface area contributed by atoms with Gasteiger partial charge in [0.1, 0.15) is 0 Å². The third-order valence-corrected chi connectivity index (χ3v) is 4.48. The van der Waals surface area contributed by atoms with Gasteiger partial charge >= 0.3 is 0 Å². The molecule has 0 saturated heterocycles. The zero-order valence-electron chi connectivity index (χ0n) is 9.35. The predicted octanol–water partition coefficient (Wildman–Crippen LogP) is 3.66. The topological polar surface area (TPSA) is 0 Å². The molecular formula is C12H19S2+. The van der Waals surface area contributed by atoms with E-state index in [-0.39, 0.29) is 5.41 Å². The van der Waals surface area contributed by atoms with Gasteiger partial charge in [0, 0.05) is 0 Å². The van der Waals surface area contributed by atoms with Crippen LogP contribution in [0.15, 0.2) is 18.0 Å². The van der Waals surface area contributed by atoms with Crippen LogP contribution in [0.4, 0.5) is 0 Å². The molecule has 0 radical (unpaired) electrons. The number of thiophene rings is 1. The normalized spacial score (nSPS) is 12.1. The van der Waals surface area contributed by atoms with Gasteiger partial charge in [0.05, 0.1) is 4.88 Å². The lowest BCUT2D eigenvalue weighted by atomic mass is 9.75. The molecule has 0 atom stereocenters. The Kier molecular flexibility index (Phi) is 3.49. The van der Waals surface area contributed by atoms with Crippen LogP contribution in [0.5, 0.6) is 0 Å². The summed E-state index contributed by atoms with van der Waals surface area (Å²) in [4.78, 5) is 2.27. The van der Waals surface area contributed by atoms with Crippen LogP contribution >= 0.6 is 11.3 Å². The van der Waals surface area contributed by atoms with Crippen LogP contribution in [-0.2, 0) is 18.0 Å². The monoisotopic (exact) mass is 227 g/mol. The molecule has 14 heavy (non-hydrogen) atoms. The van der Waals surface area contributed by atoms with Crippen molar-refractivity contribution in [2.75, 3.05) is 0 Å². The zero-order valence-corrected chi connectivity index (χ0v) is 11.2. The van der Waals surface area contributed by atoms with E-state index in [2.05, 4.69) is 58.3 Å². The lowest BCUT2D eigenvalue weighted by Crippen LogP contribution is -2.24. The fourth-order valence-corrected chi connectivity index (χ4v) is 2.61. The van der Waals surface area contributed by atoms with E-state index < -0.39 is 0 Å². The van der Waals surface area contributed by atoms with Crippen LogP contribution in [0, 0.1) is 5.92 Å². The van der Waals surface area contributed by atoms with E-state index in [1.54, 1.807) is 11.3 Å². The van der Waals surface area contributed by atoms with Crippen molar-refractivity contribution in [1.82, 2.24) is 0 Å². The predicted molar refractivity (Wildman–Crippen MR) is 71.4 cm³/mol. The molecule has 0 fully saturated rings. The van der Waals surface area contributed by atoms with Crippen LogP contribution in [0.25, 0.3) is 4.91 Å². The van der Waals surface area contributed by atoms with Crippen LogP contribution in [0.1, 0.15) is 38.1 Å². The zero-order chi connectivity index (χ0) is 10.9. The minimum atomic E-state index is 0.213. The molecule has 1 aromatic heterocycles. The third kappa shape index (κ3) is 2.06. The molecule has 0 aliphatic carbocycles. The summed E-state index contributed by atoms with van der Waals surface area (Å²) in [6.07, 6.45) is 0. The van der Waals surface area contributed by atoms with Gasteiger partial charge in [0.15, 0.2) is 4.91 Å². The molecule has 0 nitrogen and oxygen atoms in total. The van der Waals surface area contributed by atoms with Gasteiger partial charge in [-0.25, -0.2) is 0 Å². The molecule has 0 bridgehead atoms. The van der Waals surface area contributed by atoms with Crippen LogP contribution in [-0.4, -0.2) is 0 Å². The van der Waals surface area contributed by atoms with Crippen molar-refractivity contribution in [3.05, 3.63) is 28.5 Å². The van der Waals surface area contributed by atoms with Crippen molar-refractivity contribution in [2.45, 2.75) is 33.1 Å². The Hall–Kier alpha value is -0.210. The summed E-state index contributed by atoms with van der Waals surface area (Å²) >= 11 is 5.27. The van der Waals surface area contributed by atoms with Crippen molar-refractivity contribution in [2.24, 2.45) is 5.92 Å². The molecule has 1 heterocycles. The Morgan fingerprint density at radius 2 is 2.07 bits per heavy atom. The van der Waals surface area contributed by atoms with E-state index >= 15 is 0 Å². The quantitative estimate of drug-likeness (QED) is 0.691. The average molecular weight is 227 g/mol. The summed E-state index contributed by atoms with van der Waals surface area (Å²) in [6.45, 7) is 13.1. The molecule has 0 aromatic carbocycles. The van der Waals surface area contributed by atoms with E-state index in [9.17, 15) is 0 Å². The highest BCUT2D eigenvalue weighted by atomic mass is 32.1. The first kappa shape index (κ1) is 11.9. The standard InChI is InChI=1S/C12H18S2/c1-8(2)12(4,5)10-6-7-14-11(10)9(3)13/h6-8,13H,3H2,1-2,4-5H3/p+1. The van der Waals surface area contributed by atoms with Gasteiger partial charge in [0.25, 0.3) is 0 Å². The maximum atomic E-state index is 3.96. The van der Waals surface area contributed by atoms with Crippen LogP contribution in [0.2, 0.25) is 0 Å². The molecular weight excluding hydrogens is 208 g/mol. The minimum absolute atomic E-state index is 0.213. The van der Waals surface area contributed by atoms with Gasteiger partial charge in [-0.05, 0) is 47.6 Å². The van der Waals surface area contributed by atoms with E-state index in [1.807, 2.05) is 0 Å². The highest BCUT2D eigenvalue weighted by Gasteiger charge is 2.29. The number of hydrogen-bond donors (Lipinski definition) is 0. The summed E-state index contributed by atoms with van der Waals surface area (Å²) < 4.78 is 0. The van der Waals surface area contributed by atoms with Gasteiger partial charge < -0.3 is 0 Å². The van der Waals surface area contributed by atoms with E-state index in [0.29, 0.717) is 5.92 Å². The average Bonchev–Trinajstić information content (AvgIpc) is 2.51. The van der Waals surface area contributed by atoms with Crippen molar-refractivity contribution >= 4 is 28.9 Å². The lowest BCUT2D eigenvalue weighted by Gasteiger charge is -2.29. The van der Waals surface area contributed by atoms with Gasteiger partial charge in [-0.15, -0.1) is 11.3 Å². The molecule has 0 aliphatic heterocycles. The first-order valence-corrected chi connectivity index (χ1v) is 6.24. The maximum Gasteiger partial charge on any atom is 0.160 e. The summed E-state index contributed by atoms with van der Waals surface area (Å²) in [7, 11) is 0. The Labute approximate surface area is 96.5 Å². The minimum Gasteiger partial charge on any atom is -0.139 e. The Morgan fingerprint density at radius 1 is 1.50 bits per heavy atom. The molecule has 0 N–H and O–H groups in total. The second kappa shape index (κ2) is 4.11. The number of rotatable bonds is 3. The van der Waals surface area contributed by atoms with E-state index in [1.165, 1.54) is 10.4 Å². The fourth-order valence-electron chi connectivity index (χ4n) is 1.36. The van der Waals surface area contributed by atoms with Crippen molar-refractivity contribution < 1.29 is 0 Å². The molecule has 78 valence electrons. The Bertz CT molecular complexity index is 332. The Balaban J connectivity index is 3.18. The summed E-state index contributed by atoms with van der Waals surface area (Å²) in [5.41, 5.74) is 1.61. The van der Waals surface area contributed by atoms with Crippen LogP contribution in [0.3, 0.4) is 0 Å².